The predicted molar refractivity (Wildman–Crippen MR) is 120 cm³/mol. The first-order valence-corrected chi connectivity index (χ1v) is 11.6. The second-order valence-electron chi connectivity index (χ2n) is 9.22. The van der Waals surface area contributed by atoms with Gasteiger partial charge in [0, 0.05) is 50.4 Å². The minimum absolute atomic E-state index is 0.0535. The van der Waals surface area contributed by atoms with Crippen LogP contribution in [0.25, 0.3) is 0 Å². The van der Waals surface area contributed by atoms with Crippen molar-refractivity contribution in [3.05, 3.63) is 65.2 Å². The van der Waals surface area contributed by atoms with E-state index < -0.39 is 0 Å². The number of fused-ring (bicyclic) bond motifs is 3. The average molecular weight is 421 g/mol. The van der Waals surface area contributed by atoms with E-state index in [1.165, 1.54) is 16.7 Å². The Morgan fingerprint density at radius 2 is 1.87 bits per heavy atom. The Morgan fingerprint density at radius 3 is 2.71 bits per heavy atom. The fourth-order valence-corrected chi connectivity index (χ4v) is 5.52. The topological polar surface area (TPSA) is 50.8 Å². The molecule has 2 saturated heterocycles. The Bertz CT molecular complexity index is 924. The smallest absolute Gasteiger partial charge is 0.225 e. The van der Waals surface area contributed by atoms with Crippen LogP contribution in [0.3, 0.4) is 0 Å². The maximum absolute atomic E-state index is 13.3. The number of nitrogens with one attached hydrogen (secondary N) is 1. The second kappa shape index (κ2) is 9.01. The summed E-state index contributed by atoms with van der Waals surface area (Å²) in [5, 5.41) is 3.22. The molecule has 0 unspecified atom stereocenters. The van der Waals surface area contributed by atoms with E-state index >= 15 is 0 Å². The van der Waals surface area contributed by atoms with Gasteiger partial charge in [-0.1, -0.05) is 42.5 Å². The van der Waals surface area contributed by atoms with Gasteiger partial charge >= 0.3 is 0 Å². The van der Waals surface area contributed by atoms with Crippen LogP contribution in [-0.4, -0.2) is 43.7 Å². The third kappa shape index (κ3) is 4.21. The monoisotopic (exact) mass is 420 g/mol. The number of nitrogens with zero attached hydrogens (tertiary/aromatic N) is 1. The molecule has 1 amide bonds. The van der Waals surface area contributed by atoms with Crippen molar-refractivity contribution in [1.29, 1.82) is 0 Å². The highest BCUT2D eigenvalue weighted by Gasteiger charge is 2.49. The zero-order valence-electron chi connectivity index (χ0n) is 18.3. The van der Waals surface area contributed by atoms with Gasteiger partial charge in [0.05, 0.1) is 12.5 Å². The summed E-state index contributed by atoms with van der Waals surface area (Å²) in [7, 11) is 0. The van der Waals surface area contributed by atoms with E-state index in [0.717, 1.165) is 44.9 Å². The first-order valence-electron chi connectivity index (χ1n) is 11.6. The normalized spacial score (nSPS) is 26.0. The molecule has 3 heterocycles. The third-order valence-electron chi connectivity index (χ3n) is 7.30. The van der Waals surface area contributed by atoms with E-state index in [4.69, 9.17) is 9.47 Å². The van der Waals surface area contributed by atoms with Gasteiger partial charge in [-0.15, -0.1) is 0 Å². The highest BCUT2D eigenvalue weighted by molar-refractivity contribution is 5.80. The maximum atomic E-state index is 13.3. The summed E-state index contributed by atoms with van der Waals surface area (Å²) in [6, 6.07) is 16.8. The van der Waals surface area contributed by atoms with E-state index in [0.29, 0.717) is 19.1 Å². The summed E-state index contributed by atoms with van der Waals surface area (Å²) in [6.07, 6.45) is 2.21. The quantitative estimate of drug-likeness (QED) is 0.801. The number of para-hydroxylation sites is 1. The molecule has 31 heavy (non-hydrogen) atoms. The molecule has 2 aromatic carbocycles. The van der Waals surface area contributed by atoms with Crippen LogP contribution in [0.1, 0.15) is 35.6 Å². The molecule has 5 rings (SSSR count). The van der Waals surface area contributed by atoms with Crippen LogP contribution in [0.2, 0.25) is 0 Å². The van der Waals surface area contributed by atoms with Crippen molar-refractivity contribution in [3.63, 3.8) is 0 Å². The number of rotatable bonds is 5. The van der Waals surface area contributed by atoms with Gasteiger partial charge in [0.25, 0.3) is 0 Å². The lowest BCUT2D eigenvalue weighted by atomic mass is 9.84. The van der Waals surface area contributed by atoms with Crippen molar-refractivity contribution in [2.24, 2.45) is 17.8 Å². The maximum Gasteiger partial charge on any atom is 0.225 e. The highest BCUT2D eigenvalue weighted by atomic mass is 16.5. The Kier molecular flexibility index (Phi) is 5.97. The molecule has 3 aliphatic rings. The molecule has 3 atom stereocenters. The van der Waals surface area contributed by atoms with Gasteiger partial charge in [-0.05, 0) is 42.9 Å². The van der Waals surface area contributed by atoms with Crippen LogP contribution >= 0.6 is 0 Å². The Balaban J connectivity index is 1.35. The fourth-order valence-electron chi connectivity index (χ4n) is 5.52. The van der Waals surface area contributed by atoms with Crippen molar-refractivity contribution in [2.75, 3.05) is 32.9 Å². The first-order chi connectivity index (χ1) is 15.2. The fraction of sp³-hybridized carbons (Fsp3) is 0.500. The van der Waals surface area contributed by atoms with Crippen molar-refractivity contribution in [3.8, 4) is 5.75 Å². The Hall–Kier alpha value is -2.37. The van der Waals surface area contributed by atoms with Crippen molar-refractivity contribution in [1.82, 2.24) is 10.2 Å². The molecule has 164 valence electrons. The first kappa shape index (κ1) is 20.5. The number of ether oxygens (including phenoxy) is 2. The lowest BCUT2D eigenvalue weighted by Crippen LogP contribution is -2.38. The summed E-state index contributed by atoms with van der Waals surface area (Å²) in [5.41, 5.74) is 3.62. The van der Waals surface area contributed by atoms with Crippen LogP contribution in [0.5, 0.6) is 5.75 Å². The van der Waals surface area contributed by atoms with E-state index in [1.54, 1.807) is 0 Å². The van der Waals surface area contributed by atoms with Crippen LogP contribution in [0, 0.1) is 24.7 Å². The van der Waals surface area contributed by atoms with Gasteiger partial charge in [-0.25, -0.2) is 0 Å². The molecule has 0 bridgehead atoms. The standard InChI is InChI=1S/C26H32N2O3/c1-18-6-2-3-7-20(18)14-27-26(29)22-16-28(15-19-10-12-30-13-11-19)25-21-8-4-5-9-24(21)31-17-23(22)25/h2-9,19,22-23,25H,10-17H2,1H3,(H,27,29)/t22-,23+,25+/m1/s1. The van der Waals surface area contributed by atoms with Crippen molar-refractivity contribution < 1.29 is 14.3 Å². The van der Waals surface area contributed by atoms with Crippen LogP contribution in [0.15, 0.2) is 48.5 Å². The van der Waals surface area contributed by atoms with Crippen molar-refractivity contribution in [2.45, 2.75) is 32.4 Å². The molecule has 2 aromatic rings. The van der Waals surface area contributed by atoms with Crippen LogP contribution in [-0.2, 0) is 16.1 Å². The molecule has 3 aliphatic heterocycles. The number of likely N-dealkylation sites (tertiary alicyclic amines) is 1. The SMILES string of the molecule is Cc1ccccc1CNC(=O)[C@@H]1CN(CC2CCOCC2)[C@H]2c3ccccc3OC[C@@H]12. The van der Waals surface area contributed by atoms with E-state index in [9.17, 15) is 4.79 Å². The molecule has 2 fully saturated rings. The van der Waals surface area contributed by atoms with Gasteiger partial charge < -0.3 is 14.8 Å². The molecule has 5 heteroatoms. The van der Waals surface area contributed by atoms with Gasteiger partial charge in [0.15, 0.2) is 0 Å². The van der Waals surface area contributed by atoms with Crippen LogP contribution < -0.4 is 10.1 Å². The molecule has 0 radical (unpaired) electrons. The predicted octanol–water partition coefficient (Wildman–Crippen LogP) is 3.72. The summed E-state index contributed by atoms with van der Waals surface area (Å²) >= 11 is 0. The van der Waals surface area contributed by atoms with Crippen LogP contribution in [0.4, 0.5) is 0 Å². The molecule has 1 N–H and O–H groups in total. The molecule has 0 aliphatic carbocycles. The number of benzene rings is 2. The molecule has 0 saturated carbocycles. The number of carbonyl (C=O) groups excluding carboxylic acids is 1. The number of amides is 1. The lowest BCUT2D eigenvalue weighted by molar-refractivity contribution is -0.126. The number of carbonyl (C=O) groups is 1. The third-order valence-corrected chi connectivity index (χ3v) is 7.30. The number of hydrogen-bond donors (Lipinski definition) is 1. The molecule has 5 nitrogen and oxygen atoms in total. The zero-order chi connectivity index (χ0) is 21.2. The zero-order valence-corrected chi connectivity index (χ0v) is 18.3. The Labute approximate surface area is 184 Å². The van der Waals surface area contributed by atoms with E-state index in [1.807, 2.05) is 18.2 Å². The molecular weight excluding hydrogens is 388 g/mol. The van der Waals surface area contributed by atoms with Crippen molar-refractivity contribution >= 4 is 5.91 Å². The molecule has 0 spiro atoms. The lowest BCUT2D eigenvalue weighted by Gasteiger charge is -2.36. The highest BCUT2D eigenvalue weighted by Crippen LogP contribution is 2.47. The molecule has 0 aromatic heterocycles. The number of hydrogen-bond acceptors (Lipinski definition) is 4. The number of aryl methyl sites for hydroxylation is 1. The van der Waals surface area contributed by atoms with E-state index in [-0.39, 0.29) is 23.8 Å². The summed E-state index contributed by atoms with van der Waals surface area (Å²) in [5.74, 6) is 1.89. The van der Waals surface area contributed by atoms with Gasteiger partial charge in [0.1, 0.15) is 5.75 Å². The van der Waals surface area contributed by atoms with E-state index in [2.05, 4.69) is 47.5 Å². The summed E-state index contributed by atoms with van der Waals surface area (Å²) in [4.78, 5) is 15.9. The Morgan fingerprint density at radius 1 is 1.10 bits per heavy atom. The largest absolute Gasteiger partial charge is 0.493 e. The summed E-state index contributed by atoms with van der Waals surface area (Å²) < 4.78 is 11.7. The minimum Gasteiger partial charge on any atom is -0.493 e. The second-order valence-corrected chi connectivity index (χ2v) is 9.22. The van der Waals surface area contributed by atoms with Gasteiger partial charge in [-0.3, -0.25) is 9.69 Å². The van der Waals surface area contributed by atoms with Gasteiger partial charge in [0.2, 0.25) is 5.91 Å². The van der Waals surface area contributed by atoms with Gasteiger partial charge in [-0.2, -0.15) is 0 Å². The average Bonchev–Trinajstić information content (AvgIpc) is 3.18. The molecular formula is C26H32N2O3. The summed E-state index contributed by atoms with van der Waals surface area (Å²) in [6.45, 7) is 6.81. The minimum atomic E-state index is -0.0535.